The van der Waals surface area contributed by atoms with Crippen LogP contribution in [-0.2, 0) is 14.4 Å². The fourth-order valence-corrected chi connectivity index (χ4v) is 7.69. The van der Waals surface area contributed by atoms with Gasteiger partial charge in [-0.3, -0.25) is 19.2 Å². The summed E-state index contributed by atoms with van der Waals surface area (Å²) < 4.78 is 6.58. The molecule has 6 rings (SSSR count). The van der Waals surface area contributed by atoms with E-state index in [9.17, 15) is 24.3 Å². The van der Waals surface area contributed by atoms with Crippen molar-refractivity contribution in [3.05, 3.63) is 97.4 Å². The SMILES string of the molecule is O=C(COc1cccc(C2c3sc(=O)[nH]c3SC3C(=O)N(c4ccc(Br)cc4)C(=O)C32)c1)Nc1ccc(O)cc1. The molecule has 3 atom stereocenters. The van der Waals surface area contributed by atoms with E-state index in [-0.39, 0.29) is 29.0 Å². The minimum Gasteiger partial charge on any atom is -0.508 e. The molecule has 0 radical (unpaired) electrons. The predicted molar refractivity (Wildman–Crippen MR) is 155 cm³/mol. The van der Waals surface area contributed by atoms with Gasteiger partial charge in [-0.2, -0.15) is 0 Å². The van der Waals surface area contributed by atoms with Gasteiger partial charge in [0, 0.05) is 21.0 Å². The Morgan fingerprint density at radius 3 is 2.52 bits per heavy atom. The van der Waals surface area contributed by atoms with Crippen LogP contribution in [0.3, 0.4) is 0 Å². The third kappa shape index (κ3) is 4.93. The zero-order chi connectivity index (χ0) is 28.0. The van der Waals surface area contributed by atoms with Crippen LogP contribution in [0.4, 0.5) is 11.4 Å². The maximum absolute atomic E-state index is 13.8. The smallest absolute Gasteiger partial charge is 0.305 e. The number of phenolic OH excluding ortho intramolecular Hbond substituents is 1. The molecule has 4 aromatic rings. The van der Waals surface area contributed by atoms with Crippen molar-refractivity contribution in [2.24, 2.45) is 5.92 Å². The van der Waals surface area contributed by atoms with Gasteiger partial charge in [0.15, 0.2) is 6.61 Å². The highest BCUT2D eigenvalue weighted by atomic mass is 79.9. The Labute approximate surface area is 244 Å². The van der Waals surface area contributed by atoms with Gasteiger partial charge in [-0.25, -0.2) is 4.90 Å². The molecule has 3 aromatic carbocycles. The normalized spacial score (nSPS) is 19.7. The predicted octanol–water partition coefficient (Wildman–Crippen LogP) is 4.72. The quantitative estimate of drug-likeness (QED) is 0.206. The molecule has 3 amide bonds. The van der Waals surface area contributed by atoms with E-state index in [0.29, 0.717) is 32.6 Å². The minimum atomic E-state index is -0.729. The van der Waals surface area contributed by atoms with Crippen LogP contribution >= 0.6 is 39.0 Å². The van der Waals surface area contributed by atoms with E-state index in [1.165, 1.54) is 28.8 Å². The summed E-state index contributed by atoms with van der Waals surface area (Å²) in [7, 11) is 0. The molecule has 1 saturated heterocycles. The van der Waals surface area contributed by atoms with Crippen LogP contribution in [0.2, 0.25) is 0 Å². The molecular formula is C28H20BrN3O6S2. The van der Waals surface area contributed by atoms with Gasteiger partial charge in [0.05, 0.1) is 16.6 Å². The van der Waals surface area contributed by atoms with E-state index < -0.39 is 23.0 Å². The van der Waals surface area contributed by atoms with Crippen molar-refractivity contribution in [2.45, 2.75) is 16.2 Å². The van der Waals surface area contributed by atoms with E-state index in [0.717, 1.165) is 15.8 Å². The van der Waals surface area contributed by atoms with Gasteiger partial charge in [0.1, 0.15) is 16.7 Å². The van der Waals surface area contributed by atoms with Crippen molar-refractivity contribution in [1.29, 1.82) is 0 Å². The van der Waals surface area contributed by atoms with Gasteiger partial charge in [0.2, 0.25) is 11.8 Å². The van der Waals surface area contributed by atoms with Crippen LogP contribution in [0.15, 0.2) is 87.1 Å². The number of nitrogens with zero attached hydrogens (tertiary/aromatic N) is 1. The number of thioether (sulfide) groups is 1. The number of phenols is 1. The first kappa shape index (κ1) is 26.4. The summed E-state index contributed by atoms with van der Waals surface area (Å²) in [5.41, 5.74) is 1.70. The van der Waals surface area contributed by atoms with E-state index in [1.807, 2.05) is 6.07 Å². The van der Waals surface area contributed by atoms with Gasteiger partial charge in [-0.1, -0.05) is 51.2 Å². The average molecular weight is 639 g/mol. The number of amides is 3. The first-order valence-corrected chi connectivity index (χ1v) is 14.6. The first-order valence-electron chi connectivity index (χ1n) is 12.1. The molecule has 202 valence electrons. The van der Waals surface area contributed by atoms with E-state index in [4.69, 9.17) is 4.74 Å². The number of aromatic nitrogens is 1. The molecule has 12 heteroatoms. The number of anilines is 2. The van der Waals surface area contributed by atoms with Crippen LogP contribution in [0.25, 0.3) is 0 Å². The summed E-state index contributed by atoms with van der Waals surface area (Å²) in [4.78, 5) is 56.6. The van der Waals surface area contributed by atoms with Gasteiger partial charge < -0.3 is 20.1 Å². The molecule has 0 saturated carbocycles. The van der Waals surface area contributed by atoms with Crippen LogP contribution < -0.4 is 19.8 Å². The number of carbonyl (C=O) groups excluding carboxylic acids is 3. The van der Waals surface area contributed by atoms with Crippen LogP contribution in [0.5, 0.6) is 11.5 Å². The highest BCUT2D eigenvalue weighted by molar-refractivity contribution is 9.10. The monoisotopic (exact) mass is 637 g/mol. The van der Waals surface area contributed by atoms with E-state index >= 15 is 0 Å². The molecule has 0 spiro atoms. The summed E-state index contributed by atoms with van der Waals surface area (Å²) in [5.74, 6) is -1.85. The number of nitrogens with one attached hydrogen (secondary N) is 2. The number of imide groups is 1. The molecular weight excluding hydrogens is 618 g/mol. The molecule has 3 unspecified atom stereocenters. The number of carbonyl (C=O) groups is 3. The van der Waals surface area contributed by atoms with Crippen molar-refractivity contribution >= 4 is 68.1 Å². The summed E-state index contributed by atoms with van der Waals surface area (Å²) in [5, 5.41) is 12.0. The van der Waals surface area contributed by atoms with Crippen molar-refractivity contribution in [3.8, 4) is 11.5 Å². The Hall–Kier alpha value is -3.87. The maximum atomic E-state index is 13.8. The number of fused-ring (bicyclic) bond motifs is 2. The Morgan fingerprint density at radius 2 is 1.77 bits per heavy atom. The van der Waals surface area contributed by atoms with Gasteiger partial charge in [0.25, 0.3) is 5.91 Å². The average Bonchev–Trinajstić information content (AvgIpc) is 3.43. The molecule has 3 N–H and O–H groups in total. The van der Waals surface area contributed by atoms with E-state index in [2.05, 4.69) is 26.2 Å². The van der Waals surface area contributed by atoms with Crippen molar-refractivity contribution in [1.82, 2.24) is 4.98 Å². The summed E-state index contributed by atoms with van der Waals surface area (Å²) in [6.45, 7) is -0.269. The maximum Gasteiger partial charge on any atom is 0.305 e. The Kier molecular flexibility index (Phi) is 6.99. The second-order valence-electron chi connectivity index (χ2n) is 9.19. The standard InChI is InChI=1S/C28H20BrN3O6S2/c29-15-4-8-17(9-5-15)32-26(35)22-21(23-25(31-28(37)40-23)39-24(22)27(32)36)14-2-1-3-19(12-14)38-13-20(34)30-16-6-10-18(33)11-7-16/h1-12,21-22,24,33H,13H2,(H,30,34)(H,31,37). The third-order valence-corrected chi connectivity index (χ3v) is 9.58. The van der Waals surface area contributed by atoms with Crippen LogP contribution in [0.1, 0.15) is 16.4 Å². The zero-order valence-corrected chi connectivity index (χ0v) is 23.7. The number of H-pyrrole nitrogens is 1. The lowest BCUT2D eigenvalue weighted by Crippen LogP contribution is -2.32. The number of rotatable bonds is 6. The minimum absolute atomic E-state index is 0.0902. The second-order valence-corrected chi connectivity index (χ2v) is 12.3. The van der Waals surface area contributed by atoms with Crippen molar-refractivity contribution < 1.29 is 24.2 Å². The lowest BCUT2D eigenvalue weighted by Gasteiger charge is -2.30. The summed E-state index contributed by atoms with van der Waals surface area (Å²) >= 11 is 5.62. The molecule has 1 fully saturated rings. The number of hydrogen-bond acceptors (Lipinski definition) is 8. The number of thiazole rings is 1. The van der Waals surface area contributed by atoms with Gasteiger partial charge in [-0.05, 0) is 66.2 Å². The fourth-order valence-electron chi connectivity index (χ4n) is 4.91. The molecule has 2 aliphatic heterocycles. The molecule has 0 aliphatic carbocycles. The lowest BCUT2D eigenvalue weighted by molar-refractivity contribution is -0.122. The van der Waals surface area contributed by atoms with Crippen molar-refractivity contribution in [3.63, 3.8) is 0 Å². The summed E-state index contributed by atoms with van der Waals surface area (Å²) in [6, 6.07) is 20.1. The highest BCUT2D eigenvalue weighted by Crippen LogP contribution is 2.53. The van der Waals surface area contributed by atoms with Gasteiger partial charge >= 0.3 is 4.87 Å². The number of aromatic amines is 1. The number of benzene rings is 3. The van der Waals surface area contributed by atoms with Crippen LogP contribution in [-0.4, -0.2) is 39.7 Å². The molecule has 3 heterocycles. The Bertz CT molecular complexity index is 1690. The molecule has 2 aliphatic rings. The fraction of sp³-hybridized carbons (Fsp3) is 0.143. The molecule has 40 heavy (non-hydrogen) atoms. The lowest BCUT2D eigenvalue weighted by atomic mass is 9.83. The van der Waals surface area contributed by atoms with E-state index in [1.54, 1.807) is 54.6 Å². The highest BCUT2D eigenvalue weighted by Gasteiger charge is 2.56. The molecule has 9 nitrogen and oxygen atoms in total. The van der Waals surface area contributed by atoms with Crippen molar-refractivity contribution in [2.75, 3.05) is 16.8 Å². The number of aromatic hydroxyl groups is 1. The topological polar surface area (TPSA) is 129 Å². The van der Waals surface area contributed by atoms with Crippen LogP contribution in [0, 0.1) is 5.92 Å². The Balaban J connectivity index is 1.28. The second kappa shape index (κ2) is 10.6. The number of halogens is 1. The third-order valence-electron chi connectivity index (χ3n) is 6.65. The number of hydrogen-bond donors (Lipinski definition) is 3. The van der Waals surface area contributed by atoms with Gasteiger partial charge in [-0.15, -0.1) is 0 Å². The number of ether oxygens (including phenoxy) is 1. The molecule has 0 bridgehead atoms. The summed E-state index contributed by atoms with van der Waals surface area (Å²) in [6.07, 6.45) is 0. The largest absolute Gasteiger partial charge is 0.508 e. The zero-order valence-electron chi connectivity index (χ0n) is 20.5. The molecule has 1 aromatic heterocycles. The Morgan fingerprint density at radius 1 is 1.02 bits per heavy atom. The first-order chi connectivity index (χ1) is 19.3.